The second-order valence-electron chi connectivity index (χ2n) is 6.91. The molecule has 152 valence electrons. The lowest BCUT2D eigenvalue weighted by Gasteiger charge is -2.23. The Bertz CT molecular complexity index is 983. The van der Waals surface area contributed by atoms with Gasteiger partial charge in [0.1, 0.15) is 17.9 Å². The third-order valence-corrected chi connectivity index (χ3v) is 5.34. The van der Waals surface area contributed by atoms with Crippen molar-refractivity contribution in [1.29, 1.82) is 0 Å². The van der Waals surface area contributed by atoms with Crippen molar-refractivity contribution < 1.29 is 18.8 Å². The van der Waals surface area contributed by atoms with E-state index in [1.807, 2.05) is 0 Å². The molecule has 0 aromatic heterocycles. The largest absolute Gasteiger partial charge is 0.348 e. The quantitative estimate of drug-likeness (QED) is 0.698. The van der Waals surface area contributed by atoms with Crippen LogP contribution in [-0.4, -0.2) is 29.3 Å². The number of benzene rings is 2. The summed E-state index contributed by atoms with van der Waals surface area (Å²) in [6.07, 6.45) is 0. The van der Waals surface area contributed by atoms with Gasteiger partial charge >= 0.3 is 6.03 Å². The van der Waals surface area contributed by atoms with Gasteiger partial charge in [-0.1, -0.05) is 41.4 Å². The van der Waals surface area contributed by atoms with E-state index in [1.165, 1.54) is 25.1 Å². The van der Waals surface area contributed by atoms with Crippen molar-refractivity contribution in [2.24, 2.45) is 0 Å². The second kappa shape index (κ2) is 8.00. The Labute approximate surface area is 177 Å². The molecule has 2 aromatic rings. The van der Waals surface area contributed by atoms with Crippen LogP contribution in [0.4, 0.5) is 9.18 Å². The van der Waals surface area contributed by atoms with Crippen LogP contribution >= 0.6 is 23.2 Å². The van der Waals surface area contributed by atoms with Crippen molar-refractivity contribution in [2.75, 3.05) is 6.54 Å². The van der Waals surface area contributed by atoms with Crippen molar-refractivity contribution >= 4 is 41.0 Å². The summed E-state index contributed by atoms with van der Waals surface area (Å²) in [5, 5.41) is 5.90. The monoisotopic (exact) mass is 437 g/mol. The highest BCUT2D eigenvalue weighted by Gasteiger charge is 2.50. The molecule has 0 bridgehead atoms. The Morgan fingerprint density at radius 3 is 2.48 bits per heavy atom. The molecule has 0 saturated carbocycles. The fourth-order valence-electron chi connectivity index (χ4n) is 3.18. The molecular formula is C20H18Cl2FN3O3. The molecule has 1 fully saturated rings. The van der Waals surface area contributed by atoms with Gasteiger partial charge in [-0.2, -0.15) is 0 Å². The van der Waals surface area contributed by atoms with Gasteiger partial charge in [0.15, 0.2) is 0 Å². The predicted molar refractivity (Wildman–Crippen MR) is 107 cm³/mol. The maximum absolute atomic E-state index is 13.0. The lowest BCUT2D eigenvalue weighted by Crippen LogP contribution is -2.43. The fraction of sp³-hybridized carbons (Fsp3) is 0.250. The number of urea groups is 1. The Morgan fingerprint density at radius 1 is 1.21 bits per heavy atom. The van der Waals surface area contributed by atoms with Crippen LogP contribution in [0.15, 0.2) is 42.5 Å². The molecule has 0 radical (unpaired) electrons. The number of nitrogens with one attached hydrogen (secondary N) is 2. The Hall–Kier alpha value is -2.64. The number of carbonyl (C=O) groups excluding carboxylic acids is 3. The third-order valence-electron chi connectivity index (χ3n) is 4.79. The first-order valence-electron chi connectivity index (χ1n) is 8.76. The minimum Gasteiger partial charge on any atom is -0.348 e. The zero-order valence-corrected chi connectivity index (χ0v) is 17.1. The summed E-state index contributed by atoms with van der Waals surface area (Å²) in [5.74, 6) is -1.51. The van der Waals surface area contributed by atoms with Gasteiger partial charge in [-0.05, 0) is 43.7 Å². The molecule has 9 heteroatoms. The number of hydrogen-bond donors (Lipinski definition) is 2. The number of imide groups is 1. The van der Waals surface area contributed by atoms with E-state index in [-0.39, 0.29) is 10.8 Å². The zero-order valence-electron chi connectivity index (χ0n) is 15.6. The first-order chi connectivity index (χ1) is 13.6. The topological polar surface area (TPSA) is 78.5 Å². The number of halogens is 3. The van der Waals surface area contributed by atoms with Gasteiger partial charge in [0.25, 0.3) is 5.91 Å². The first kappa shape index (κ1) is 21.1. The van der Waals surface area contributed by atoms with Crippen molar-refractivity contribution in [3.8, 4) is 0 Å². The van der Waals surface area contributed by atoms with Gasteiger partial charge in [-0.3, -0.25) is 14.5 Å². The van der Waals surface area contributed by atoms with E-state index >= 15 is 0 Å². The van der Waals surface area contributed by atoms with Crippen LogP contribution in [0.2, 0.25) is 10.0 Å². The van der Waals surface area contributed by atoms with Crippen LogP contribution in [0, 0.1) is 5.82 Å². The van der Waals surface area contributed by atoms with Gasteiger partial charge in [0.05, 0.1) is 6.04 Å². The molecule has 29 heavy (non-hydrogen) atoms. The number of rotatable bonds is 5. The number of hydrogen-bond acceptors (Lipinski definition) is 3. The molecule has 1 saturated heterocycles. The standard InChI is InChI=1S/C20H18Cl2FN3O3/c1-11(12-3-6-14(23)7-4-12)24-17(27)10-26-18(28)20(2,25-19(26)29)15-8-5-13(21)9-16(15)22/h3-9,11H,10H2,1-2H3,(H,24,27)(H,25,29). The van der Waals surface area contributed by atoms with E-state index in [4.69, 9.17) is 23.2 Å². The van der Waals surface area contributed by atoms with Crippen molar-refractivity contribution in [1.82, 2.24) is 15.5 Å². The molecule has 1 aliphatic rings. The van der Waals surface area contributed by atoms with Crippen LogP contribution in [0.5, 0.6) is 0 Å². The van der Waals surface area contributed by atoms with Gasteiger partial charge in [0.2, 0.25) is 5.91 Å². The molecule has 2 unspecified atom stereocenters. The summed E-state index contributed by atoms with van der Waals surface area (Å²) in [6, 6.07) is 9.14. The predicted octanol–water partition coefficient (Wildman–Crippen LogP) is 3.78. The molecule has 0 aliphatic carbocycles. The average molecular weight is 438 g/mol. The van der Waals surface area contributed by atoms with Crippen LogP contribution in [0.3, 0.4) is 0 Å². The van der Waals surface area contributed by atoms with E-state index in [0.717, 1.165) is 4.90 Å². The summed E-state index contributed by atoms with van der Waals surface area (Å²) >= 11 is 12.1. The van der Waals surface area contributed by atoms with E-state index in [2.05, 4.69) is 10.6 Å². The lowest BCUT2D eigenvalue weighted by atomic mass is 9.92. The molecule has 6 nitrogen and oxygen atoms in total. The van der Waals surface area contributed by atoms with Gasteiger partial charge in [-0.25, -0.2) is 9.18 Å². The van der Waals surface area contributed by atoms with Crippen LogP contribution in [0.1, 0.15) is 31.0 Å². The van der Waals surface area contributed by atoms with Gasteiger partial charge in [0, 0.05) is 15.6 Å². The fourth-order valence-corrected chi connectivity index (χ4v) is 3.78. The van der Waals surface area contributed by atoms with Crippen LogP contribution in [-0.2, 0) is 15.1 Å². The zero-order chi connectivity index (χ0) is 21.3. The minimum absolute atomic E-state index is 0.227. The molecule has 1 heterocycles. The maximum Gasteiger partial charge on any atom is 0.325 e. The van der Waals surface area contributed by atoms with E-state index in [1.54, 1.807) is 31.2 Å². The number of amides is 4. The minimum atomic E-state index is -1.42. The smallest absolute Gasteiger partial charge is 0.325 e. The number of carbonyl (C=O) groups is 3. The van der Waals surface area contributed by atoms with Gasteiger partial charge < -0.3 is 10.6 Å². The molecule has 2 aromatic carbocycles. The number of nitrogens with zero attached hydrogens (tertiary/aromatic N) is 1. The highest BCUT2D eigenvalue weighted by Crippen LogP contribution is 2.34. The summed E-state index contributed by atoms with van der Waals surface area (Å²) in [6.45, 7) is 2.77. The Kier molecular flexibility index (Phi) is 5.82. The Morgan fingerprint density at radius 2 is 1.86 bits per heavy atom. The SMILES string of the molecule is CC(NC(=O)CN1C(=O)NC(C)(c2ccc(Cl)cc2Cl)C1=O)c1ccc(F)cc1. The molecule has 0 spiro atoms. The van der Waals surface area contributed by atoms with Crippen LogP contribution in [0.25, 0.3) is 0 Å². The van der Waals surface area contributed by atoms with E-state index in [9.17, 15) is 18.8 Å². The molecule has 4 amide bonds. The first-order valence-corrected chi connectivity index (χ1v) is 9.52. The lowest BCUT2D eigenvalue weighted by molar-refractivity contribution is -0.135. The van der Waals surface area contributed by atoms with E-state index < -0.39 is 36.0 Å². The van der Waals surface area contributed by atoms with Crippen LogP contribution < -0.4 is 10.6 Å². The highest BCUT2D eigenvalue weighted by atomic mass is 35.5. The summed E-state index contributed by atoms with van der Waals surface area (Å²) in [7, 11) is 0. The highest BCUT2D eigenvalue weighted by molar-refractivity contribution is 6.35. The van der Waals surface area contributed by atoms with Crippen molar-refractivity contribution in [3.05, 3.63) is 69.5 Å². The summed E-state index contributed by atoms with van der Waals surface area (Å²) in [4.78, 5) is 38.5. The Balaban J connectivity index is 1.72. The average Bonchev–Trinajstić information content (AvgIpc) is 2.85. The summed E-state index contributed by atoms with van der Waals surface area (Å²) < 4.78 is 13.0. The van der Waals surface area contributed by atoms with Crippen molar-refractivity contribution in [3.63, 3.8) is 0 Å². The second-order valence-corrected chi connectivity index (χ2v) is 7.76. The third kappa shape index (κ3) is 4.21. The molecule has 2 N–H and O–H groups in total. The maximum atomic E-state index is 13.0. The summed E-state index contributed by atoms with van der Waals surface area (Å²) in [5.41, 5.74) is -0.346. The molecule has 2 atom stereocenters. The molecule has 3 rings (SSSR count). The van der Waals surface area contributed by atoms with Crippen molar-refractivity contribution in [2.45, 2.75) is 25.4 Å². The molecule has 1 aliphatic heterocycles. The normalized spacial score (nSPS) is 19.8. The van der Waals surface area contributed by atoms with E-state index in [0.29, 0.717) is 16.1 Å². The molecular weight excluding hydrogens is 420 g/mol. The van der Waals surface area contributed by atoms with Gasteiger partial charge in [-0.15, -0.1) is 0 Å².